The third-order valence-electron chi connectivity index (χ3n) is 2.58. The molecule has 1 fully saturated rings. The standard InChI is InChI=1S/C9H17BNO/c1-3-9(12)11-6-4-5-8(7-11)10-2/h8H,3-7H2,1-2H3. The van der Waals surface area contributed by atoms with Gasteiger partial charge in [0, 0.05) is 19.5 Å². The van der Waals surface area contributed by atoms with E-state index in [0.717, 1.165) is 13.1 Å². The molecule has 1 rings (SSSR count). The van der Waals surface area contributed by atoms with E-state index in [-0.39, 0.29) is 0 Å². The molecular formula is C9H17BNO. The molecule has 1 heterocycles. The van der Waals surface area contributed by atoms with Crippen molar-refractivity contribution in [2.24, 2.45) is 0 Å². The Bertz CT molecular complexity index is 161. The normalized spacial score (nSPS) is 23.8. The van der Waals surface area contributed by atoms with E-state index in [4.69, 9.17) is 0 Å². The summed E-state index contributed by atoms with van der Waals surface area (Å²) in [7, 11) is 2.22. The minimum atomic E-state index is 0.307. The van der Waals surface area contributed by atoms with Gasteiger partial charge in [0.15, 0.2) is 0 Å². The van der Waals surface area contributed by atoms with Crippen molar-refractivity contribution in [3.8, 4) is 0 Å². The van der Waals surface area contributed by atoms with Gasteiger partial charge in [0.2, 0.25) is 5.91 Å². The summed E-state index contributed by atoms with van der Waals surface area (Å²) in [5.74, 6) is 0.941. The van der Waals surface area contributed by atoms with Gasteiger partial charge in [-0.15, -0.1) is 0 Å². The number of hydrogen-bond donors (Lipinski definition) is 0. The predicted octanol–water partition coefficient (Wildman–Crippen LogP) is 1.56. The molecule has 1 aliphatic heterocycles. The van der Waals surface area contributed by atoms with Crippen molar-refractivity contribution < 1.29 is 4.79 Å². The molecule has 1 radical (unpaired) electrons. The molecule has 0 N–H and O–H groups in total. The first-order chi connectivity index (χ1) is 5.77. The van der Waals surface area contributed by atoms with Gasteiger partial charge in [-0.3, -0.25) is 4.79 Å². The van der Waals surface area contributed by atoms with E-state index in [9.17, 15) is 4.79 Å². The number of nitrogens with zero attached hydrogens (tertiary/aromatic N) is 1. The van der Waals surface area contributed by atoms with Gasteiger partial charge in [-0.25, -0.2) is 0 Å². The molecule has 3 heteroatoms. The van der Waals surface area contributed by atoms with Crippen LogP contribution in [0.4, 0.5) is 0 Å². The Morgan fingerprint density at radius 1 is 1.67 bits per heavy atom. The van der Waals surface area contributed by atoms with Crippen LogP contribution in [0.25, 0.3) is 0 Å². The number of rotatable bonds is 2. The molecule has 1 atom stereocenters. The molecule has 0 aromatic heterocycles. The van der Waals surface area contributed by atoms with Crippen molar-refractivity contribution in [2.45, 2.75) is 38.8 Å². The third kappa shape index (κ3) is 2.26. The van der Waals surface area contributed by atoms with Crippen molar-refractivity contribution in [2.75, 3.05) is 13.1 Å². The zero-order chi connectivity index (χ0) is 8.97. The molecule has 0 bridgehead atoms. The zero-order valence-corrected chi connectivity index (χ0v) is 8.05. The van der Waals surface area contributed by atoms with E-state index >= 15 is 0 Å². The second kappa shape index (κ2) is 4.53. The maximum atomic E-state index is 11.3. The fourth-order valence-electron chi connectivity index (χ4n) is 1.73. The molecule has 0 saturated carbocycles. The Morgan fingerprint density at radius 2 is 2.42 bits per heavy atom. The number of carbonyl (C=O) groups is 1. The summed E-state index contributed by atoms with van der Waals surface area (Å²) >= 11 is 0. The van der Waals surface area contributed by atoms with E-state index < -0.39 is 0 Å². The molecule has 67 valence electrons. The van der Waals surface area contributed by atoms with Crippen LogP contribution in [0.1, 0.15) is 26.2 Å². The number of piperidine rings is 1. The summed E-state index contributed by atoms with van der Waals surface area (Å²) in [6, 6.07) is 0. The zero-order valence-electron chi connectivity index (χ0n) is 8.05. The topological polar surface area (TPSA) is 20.3 Å². The summed E-state index contributed by atoms with van der Waals surface area (Å²) in [4.78, 5) is 13.3. The minimum absolute atomic E-state index is 0.307. The van der Waals surface area contributed by atoms with Crippen LogP contribution < -0.4 is 0 Å². The molecule has 1 saturated heterocycles. The van der Waals surface area contributed by atoms with E-state index in [1.807, 2.05) is 11.8 Å². The highest BCUT2D eigenvalue weighted by molar-refractivity contribution is 6.35. The minimum Gasteiger partial charge on any atom is -0.343 e. The Hall–Kier alpha value is -0.465. The van der Waals surface area contributed by atoms with Gasteiger partial charge in [0.25, 0.3) is 0 Å². The molecule has 0 aliphatic carbocycles. The van der Waals surface area contributed by atoms with E-state index in [2.05, 4.69) is 14.1 Å². The molecule has 2 nitrogen and oxygen atoms in total. The van der Waals surface area contributed by atoms with Gasteiger partial charge in [0.1, 0.15) is 7.28 Å². The highest BCUT2D eigenvalue weighted by atomic mass is 16.2. The first-order valence-corrected chi connectivity index (χ1v) is 4.85. The predicted molar refractivity (Wildman–Crippen MR) is 51.5 cm³/mol. The lowest BCUT2D eigenvalue weighted by Crippen LogP contribution is -2.38. The van der Waals surface area contributed by atoms with Crippen molar-refractivity contribution in [1.29, 1.82) is 0 Å². The smallest absolute Gasteiger partial charge is 0.222 e. The second-order valence-electron chi connectivity index (χ2n) is 3.43. The van der Waals surface area contributed by atoms with Gasteiger partial charge in [0.05, 0.1) is 0 Å². The lowest BCUT2D eigenvalue weighted by molar-refractivity contribution is -0.131. The van der Waals surface area contributed by atoms with Gasteiger partial charge >= 0.3 is 0 Å². The Morgan fingerprint density at radius 3 is 3.00 bits per heavy atom. The molecule has 1 aliphatic rings. The van der Waals surface area contributed by atoms with Crippen LogP contribution in [0.2, 0.25) is 12.6 Å². The van der Waals surface area contributed by atoms with E-state index in [0.29, 0.717) is 18.1 Å². The average molecular weight is 166 g/mol. The van der Waals surface area contributed by atoms with E-state index in [1.54, 1.807) is 0 Å². The number of carbonyl (C=O) groups excluding carboxylic acids is 1. The lowest BCUT2D eigenvalue weighted by atomic mass is 9.63. The second-order valence-corrected chi connectivity index (χ2v) is 3.43. The van der Waals surface area contributed by atoms with Crippen LogP contribution in [0, 0.1) is 0 Å². The van der Waals surface area contributed by atoms with E-state index in [1.165, 1.54) is 12.8 Å². The molecule has 1 unspecified atom stereocenters. The summed E-state index contributed by atoms with van der Waals surface area (Å²) < 4.78 is 0. The Labute approximate surface area is 75.6 Å². The first-order valence-electron chi connectivity index (χ1n) is 4.85. The maximum absolute atomic E-state index is 11.3. The van der Waals surface area contributed by atoms with Gasteiger partial charge in [-0.05, 0) is 6.42 Å². The van der Waals surface area contributed by atoms with Crippen LogP contribution in [0.5, 0.6) is 0 Å². The van der Waals surface area contributed by atoms with Crippen LogP contribution in [0.15, 0.2) is 0 Å². The van der Waals surface area contributed by atoms with Crippen molar-refractivity contribution in [3.05, 3.63) is 0 Å². The maximum Gasteiger partial charge on any atom is 0.222 e. The molecule has 12 heavy (non-hydrogen) atoms. The largest absolute Gasteiger partial charge is 0.343 e. The van der Waals surface area contributed by atoms with Crippen molar-refractivity contribution in [1.82, 2.24) is 4.90 Å². The lowest BCUT2D eigenvalue weighted by Gasteiger charge is -2.32. The monoisotopic (exact) mass is 166 g/mol. The SMILES string of the molecule is C[B]C1CCCN(C(=O)CC)C1. The van der Waals surface area contributed by atoms with Crippen LogP contribution in [0.3, 0.4) is 0 Å². The first kappa shape index (κ1) is 9.62. The molecule has 0 aromatic carbocycles. The molecule has 0 aromatic rings. The fourth-order valence-corrected chi connectivity index (χ4v) is 1.73. The molecular weight excluding hydrogens is 149 g/mol. The fraction of sp³-hybridized carbons (Fsp3) is 0.889. The quantitative estimate of drug-likeness (QED) is 0.570. The third-order valence-corrected chi connectivity index (χ3v) is 2.58. The van der Waals surface area contributed by atoms with Crippen LogP contribution >= 0.6 is 0 Å². The number of amides is 1. The van der Waals surface area contributed by atoms with Gasteiger partial charge < -0.3 is 4.90 Å². The molecule has 0 spiro atoms. The Kier molecular flexibility index (Phi) is 3.64. The highest BCUT2D eigenvalue weighted by Crippen LogP contribution is 2.20. The summed E-state index contributed by atoms with van der Waals surface area (Å²) in [5, 5.41) is 0. The number of hydrogen-bond acceptors (Lipinski definition) is 1. The van der Waals surface area contributed by atoms with Crippen LogP contribution in [-0.2, 0) is 4.79 Å². The van der Waals surface area contributed by atoms with Crippen molar-refractivity contribution >= 4 is 13.2 Å². The Balaban J connectivity index is 2.40. The number of likely N-dealkylation sites (tertiary alicyclic amines) is 1. The average Bonchev–Trinajstić information content (AvgIpc) is 2.17. The van der Waals surface area contributed by atoms with Crippen LogP contribution in [-0.4, -0.2) is 31.2 Å². The van der Waals surface area contributed by atoms with Crippen molar-refractivity contribution in [3.63, 3.8) is 0 Å². The highest BCUT2D eigenvalue weighted by Gasteiger charge is 2.21. The summed E-state index contributed by atoms with van der Waals surface area (Å²) in [6.45, 7) is 5.94. The summed E-state index contributed by atoms with van der Waals surface area (Å²) in [6.07, 6.45) is 3.07. The van der Waals surface area contributed by atoms with Gasteiger partial charge in [-0.1, -0.05) is 26.0 Å². The van der Waals surface area contributed by atoms with Gasteiger partial charge in [-0.2, -0.15) is 0 Å². The molecule has 1 amide bonds. The summed E-state index contributed by atoms with van der Waals surface area (Å²) in [5.41, 5.74) is 0.